The Bertz CT molecular complexity index is 701. The summed E-state index contributed by atoms with van der Waals surface area (Å²) >= 11 is 0. The van der Waals surface area contributed by atoms with E-state index in [-0.39, 0.29) is 30.7 Å². The highest BCUT2D eigenvalue weighted by Crippen LogP contribution is 2.48. The van der Waals surface area contributed by atoms with E-state index >= 15 is 0 Å². The summed E-state index contributed by atoms with van der Waals surface area (Å²) in [6.45, 7) is 3.73. The number of nitrogens with one attached hydrogen (secondary N) is 1. The van der Waals surface area contributed by atoms with Gasteiger partial charge in [-0.05, 0) is 30.2 Å². The second kappa shape index (κ2) is 10.7. The molecule has 7 heteroatoms. The van der Waals surface area contributed by atoms with Crippen molar-refractivity contribution in [2.45, 2.75) is 51.6 Å². The Morgan fingerprint density at radius 1 is 1.30 bits per heavy atom. The molecule has 2 aromatic rings. The lowest BCUT2D eigenvalue weighted by molar-refractivity contribution is -0.122. The minimum Gasteiger partial charge on any atom is -0.354 e. The Hall–Kier alpha value is -1.56. The van der Waals surface area contributed by atoms with Gasteiger partial charge in [0.1, 0.15) is 0 Å². The molecule has 0 unspecified atom stereocenters. The Kier molecular flexibility index (Phi) is 9.30. The lowest BCUT2D eigenvalue weighted by atomic mass is 10.0. The van der Waals surface area contributed by atoms with Gasteiger partial charge < -0.3 is 15.6 Å². The molecular weight excluding hydrogens is 383 g/mol. The molecule has 1 atom stereocenters. The summed E-state index contributed by atoms with van der Waals surface area (Å²) in [5.74, 6) is -0.0695. The molecule has 1 aliphatic carbocycles. The minimum absolute atomic E-state index is 0. The van der Waals surface area contributed by atoms with Gasteiger partial charge in [0.2, 0.25) is 5.91 Å². The van der Waals surface area contributed by atoms with E-state index in [1.807, 2.05) is 29.0 Å². The number of carbonyl (C=O) groups is 1. The summed E-state index contributed by atoms with van der Waals surface area (Å²) in [4.78, 5) is 16.6. The van der Waals surface area contributed by atoms with E-state index in [2.05, 4.69) is 29.4 Å². The van der Waals surface area contributed by atoms with Crippen LogP contribution in [0.15, 0.2) is 42.9 Å². The summed E-state index contributed by atoms with van der Waals surface area (Å²) in [5, 5.41) is 3.04. The maximum atomic E-state index is 12.3. The van der Waals surface area contributed by atoms with Gasteiger partial charge >= 0.3 is 0 Å². The molecule has 1 aromatic carbocycles. The van der Waals surface area contributed by atoms with Crippen molar-refractivity contribution in [1.29, 1.82) is 0 Å². The number of nitrogens with zero attached hydrogens (tertiary/aromatic N) is 2. The normalized spacial score (nSPS) is 15.2. The molecule has 3 rings (SSSR count). The van der Waals surface area contributed by atoms with E-state index in [0.29, 0.717) is 11.8 Å². The highest BCUT2D eigenvalue weighted by atomic mass is 35.5. The minimum atomic E-state index is -0.544. The maximum Gasteiger partial charge on any atom is 0.237 e. The van der Waals surface area contributed by atoms with Crippen molar-refractivity contribution in [3.05, 3.63) is 54.1 Å². The number of amides is 1. The van der Waals surface area contributed by atoms with Gasteiger partial charge in [-0.2, -0.15) is 0 Å². The fourth-order valence-corrected chi connectivity index (χ4v) is 3.34. The number of nitrogens with two attached hydrogens (primary N) is 1. The van der Waals surface area contributed by atoms with Gasteiger partial charge in [-0.25, -0.2) is 4.98 Å². The monoisotopic (exact) mass is 412 g/mol. The summed E-state index contributed by atoms with van der Waals surface area (Å²) in [6, 6.07) is 9.69. The molecule has 1 heterocycles. The van der Waals surface area contributed by atoms with Gasteiger partial charge in [0, 0.05) is 25.7 Å². The molecule has 3 N–H and O–H groups in total. The Labute approximate surface area is 173 Å². The number of hydrogen-bond acceptors (Lipinski definition) is 3. The first-order chi connectivity index (χ1) is 12.1. The van der Waals surface area contributed by atoms with Crippen LogP contribution in [0.4, 0.5) is 0 Å². The van der Waals surface area contributed by atoms with E-state index in [4.69, 9.17) is 5.73 Å². The summed E-state index contributed by atoms with van der Waals surface area (Å²) in [7, 11) is 0. The van der Waals surface area contributed by atoms with Crippen molar-refractivity contribution in [2.75, 3.05) is 6.54 Å². The average molecular weight is 413 g/mol. The van der Waals surface area contributed by atoms with E-state index in [0.717, 1.165) is 18.8 Å². The van der Waals surface area contributed by atoms with Crippen molar-refractivity contribution in [2.24, 2.45) is 11.1 Å². The SMILES string of the molecule is CCCC1(CNC(=O)[C@@H](N)Cc2cn(Cc3ccccc3)cn2)CC1.Cl.Cl. The molecule has 1 amide bonds. The molecule has 0 radical (unpaired) electrons. The van der Waals surface area contributed by atoms with E-state index < -0.39 is 6.04 Å². The van der Waals surface area contributed by atoms with Crippen LogP contribution in [0.3, 0.4) is 0 Å². The van der Waals surface area contributed by atoms with Gasteiger partial charge in [-0.1, -0.05) is 43.7 Å². The first-order valence-corrected chi connectivity index (χ1v) is 9.18. The zero-order chi connectivity index (χ0) is 17.7. The van der Waals surface area contributed by atoms with Gasteiger partial charge in [0.05, 0.1) is 18.1 Å². The molecule has 1 aromatic heterocycles. The highest BCUT2D eigenvalue weighted by molar-refractivity contribution is 5.85. The lowest BCUT2D eigenvalue weighted by Gasteiger charge is -2.17. The van der Waals surface area contributed by atoms with Gasteiger partial charge in [-0.15, -0.1) is 24.8 Å². The van der Waals surface area contributed by atoms with Gasteiger partial charge in [0.15, 0.2) is 0 Å². The quantitative estimate of drug-likeness (QED) is 0.662. The predicted octanol–water partition coefficient (Wildman–Crippen LogP) is 3.34. The maximum absolute atomic E-state index is 12.3. The molecule has 150 valence electrons. The zero-order valence-electron chi connectivity index (χ0n) is 15.8. The first-order valence-electron chi connectivity index (χ1n) is 9.18. The van der Waals surface area contributed by atoms with Crippen LogP contribution in [-0.4, -0.2) is 28.0 Å². The van der Waals surface area contributed by atoms with Crippen molar-refractivity contribution in [3.63, 3.8) is 0 Å². The number of benzene rings is 1. The molecule has 0 aliphatic heterocycles. The molecule has 0 bridgehead atoms. The molecule has 1 fully saturated rings. The summed E-state index contributed by atoms with van der Waals surface area (Å²) < 4.78 is 2.02. The number of carbonyl (C=O) groups excluding carboxylic acids is 1. The van der Waals surface area contributed by atoms with Crippen LogP contribution >= 0.6 is 24.8 Å². The van der Waals surface area contributed by atoms with Crippen molar-refractivity contribution in [3.8, 4) is 0 Å². The molecule has 0 saturated heterocycles. The largest absolute Gasteiger partial charge is 0.354 e. The first kappa shape index (κ1) is 23.5. The van der Waals surface area contributed by atoms with Crippen LogP contribution in [-0.2, 0) is 17.8 Å². The van der Waals surface area contributed by atoms with Crippen LogP contribution in [0.2, 0.25) is 0 Å². The van der Waals surface area contributed by atoms with Crippen LogP contribution < -0.4 is 11.1 Å². The number of aromatic nitrogens is 2. The van der Waals surface area contributed by atoms with Gasteiger partial charge in [0.25, 0.3) is 0 Å². The average Bonchev–Trinajstić information content (AvgIpc) is 3.25. The van der Waals surface area contributed by atoms with Crippen LogP contribution in [0.25, 0.3) is 0 Å². The standard InChI is InChI=1S/C20H28N4O.2ClH/c1-2-8-20(9-10-20)14-22-19(25)18(21)11-17-13-24(15-23-17)12-16-6-4-3-5-7-16;;/h3-7,13,15,18H,2,8-12,14,21H2,1H3,(H,22,25);2*1H/t18-;;/m0../s1. The number of hydrogen-bond donors (Lipinski definition) is 2. The molecule has 0 spiro atoms. The second-order valence-electron chi connectivity index (χ2n) is 7.30. The Balaban J connectivity index is 0.00000182. The third kappa shape index (κ3) is 6.83. The molecule has 5 nitrogen and oxygen atoms in total. The molecule has 27 heavy (non-hydrogen) atoms. The van der Waals surface area contributed by atoms with E-state index in [9.17, 15) is 4.79 Å². The lowest BCUT2D eigenvalue weighted by Crippen LogP contribution is -2.44. The number of imidazole rings is 1. The zero-order valence-corrected chi connectivity index (χ0v) is 17.4. The smallest absolute Gasteiger partial charge is 0.237 e. The summed E-state index contributed by atoms with van der Waals surface area (Å²) in [5.41, 5.74) is 8.50. The predicted molar refractivity (Wildman–Crippen MR) is 114 cm³/mol. The van der Waals surface area contributed by atoms with Crippen molar-refractivity contribution < 1.29 is 4.79 Å². The summed E-state index contributed by atoms with van der Waals surface area (Å²) in [6.07, 6.45) is 9.04. The number of rotatable bonds is 9. The second-order valence-corrected chi connectivity index (χ2v) is 7.30. The van der Waals surface area contributed by atoms with Crippen LogP contribution in [0.5, 0.6) is 0 Å². The highest BCUT2D eigenvalue weighted by Gasteiger charge is 2.41. The number of halogens is 2. The third-order valence-corrected chi connectivity index (χ3v) is 5.04. The Morgan fingerprint density at radius 2 is 2.00 bits per heavy atom. The molecule has 1 aliphatic rings. The Morgan fingerprint density at radius 3 is 2.63 bits per heavy atom. The van der Waals surface area contributed by atoms with Crippen molar-refractivity contribution >= 4 is 30.7 Å². The van der Waals surface area contributed by atoms with E-state index in [1.54, 1.807) is 6.33 Å². The fourth-order valence-electron chi connectivity index (χ4n) is 3.34. The molecular formula is C20H30Cl2N4O. The van der Waals surface area contributed by atoms with Crippen molar-refractivity contribution in [1.82, 2.24) is 14.9 Å². The van der Waals surface area contributed by atoms with Crippen LogP contribution in [0.1, 0.15) is 43.9 Å². The van der Waals surface area contributed by atoms with E-state index in [1.165, 1.54) is 31.2 Å². The third-order valence-electron chi connectivity index (χ3n) is 5.04. The fraction of sp³-hybridized carbons (Fsp3) is 0.500. The van der Waals surface area contributed by atoms with Gasteiger partial charge in [-0.3, -0.25) is 4.79 Å². The topological polar surface area (TPSA) is 72.9 Å². The molecule has 1 saturated carbocycles. The van der Waals surface area contributed by atoms with Crippen LogP contribution in [0, 0.1) is 5.41 Å².